The number of ketones is 1. The quantitative estimate of drug-likeness (QED) is 0.782. The van der Waals surface area contributed by atoms with Gasteiger partial charge in [0, 0.05) is 24.4 Å². The zero-order valence-corrected chi connectivity index (χ0v) is 11.5. The topological polar surface area (TPSA) is 71.2 Å². The average molecular weight is 252 g/mol. The van der Waals surface area contributed by atoms with Gasteiger partial charge in [-0.05, 0) is 33.3 Å². The van der Waals surface area contributed by atoms with Crippen LogP contribution in [0.25, 0.3) is 0 Å². The first-order valence-corrected chi connectivity index (χ1v) is 5.88. The number of aryl methyl sites for hydroxylation is 1. The number of rotatable bonds is 5. The van der Waals surface area contributed by atoms with Crippen molar-refractivity contribution in [3.8, 4) is 0 Å². The molecule has 1 aromatic rings. The highest BCUT2D eigenvalue weighted by Gasteiger charge is 2.20. The Hall–Kier alpha value is -1.62. The summed E-state index contributed by atoms with van der Waals surface area (Å²) in [6.07, 6.45) is 0. The number of carbonyl (C=O) groups excluding carboxylic acids is 2. The van der Waals surface area contributed by atoms with E-state index in [4.69, 9.17) is 4.74 Å². The molecule has 18 heavy (non-hydrogen) atoms. The molecule has 100 valence electrons. The van der Waals surface area contributed by atoms with E-state index >= 15 is 0 Å². The molecule has 1 rings (SSSR count). The Morgan fingerprint density at radius 3 is 2.44 bits per heavy atom. The molecule has 0 radical (unpaired) electrons. The van der Waals surface area contributed by atoms with Crippen molar-refractivity contribution >= 4 is 11.7 Å². The van der Waals surface area contributed by atoms with Gasteiger partial charge in [0.15, 0.2) is 5.78 Å². The van der Waals surface area contributed by atoms with Crippen LogP contribution in [0.1, 0.15) is 46.0 Å². The molecule has 0 saturated carbocycles. The minimum atomic E-state index is -0.215. The third-order valence-electron chi connectivity index (χ3n) is 2.81. The van der Waals surface area contributed by atoms with Crippen LogP contribution in [-0.4, -0.2) is 36.4 Å². The van der Waals surface area contributed by atoms with E-state index in [9.17, 15) is 9.59 Å². The van der Waals surface area contributed by atoms with Gasteiger partial charge in [0.25, 0.3) is 5.91 Å². The van der Waals surface area contributed by atoms with Crippen molar-refractivity contribution in [2.45, 2.75) is 33.7 Å². The van der Waals surface area contributed by atoms with Gasteiger partial charge in [0.05, 0.1) is 6.61 Å². The molecule has 0 aromatic carbocycles. The van der Waals surface area contributed by atoms with E-state index in [-0.39, 0.29) is 17.7 Å². The number of hydrogen-bond donors (Lipinski definition) is 2. The number of Topliss-reactive ketones (excluding diaryl/α,β-unsaturated/α-hetero) is 1. The lowest BCUT2D eigenvalue weighted by atomic mass is 10.1. The Balaban J connectivity index is 2.94. The highest BCUT2D eigenvalue weighted by molar-refractivity contribution is 6.02. The van der Waals surface area contributed by atoms with Crippen molar-refractivity contribution < 1.29 is 14.3 Å². The average Bonchev–Trinajstić information content (AvgIpc) is 2.54. The fourth-order valence-corrected chi connectivity index (χ4v) is 2.09. The van der Waals surface area contributed by atoms with Gasteiger partial charge < -0.3 is 15.0 Å². The van der Waals surface area contributed by atoms with Crippen LogP contribution in [0.4, 0.5) is 0 Å². The maximum atomic E-state index is 12.0. The Bertz CT molecular complexity index is 463. The molecular weight excluding hydrogens is 232 g/mol. The van der Waals surface area contributed by atoms with Crippen LogP contribution in [0.2, 0.25) is 0 Å². The first-order chi connectivity index (χ1) is 8.38. The molecule has 0 aliphatic heterocycles. The molecule has 0 bridgehead atoms. The lowest BCUT2D eigenvalue weighted by Gasteiger charge is -2.12. The monoisotopic (exact) mass is 252 g/mol. The third-order valence-corrected chi connectivity index (χ3v) is 2.81. The number of aromatic amines is 1. The SMILES string of the molecule is COCC(C)NC(=O)c1[nH]c(C)c(C(C)=O)c1C. The summed E-state index contributed by atoms with van der Waals surface area (Å²) in [5.41, 5.74) is 2.46. The summed E-state index contributed by atoms with van der Waals surface area (Å²) in [5, 5.41) is 2.81. The summed E-state index contributed by atoms with van der Waals surface area (Å²) < 4.78 is 4.96. The highest BCUT2D eigenvalue weighted by atomic mass is 16.5. The summed E-state index contributed by atoms with van der Waals surface area (Å²) >= 11 is 0. The molecule has 5 nitrogen and oxygen atoms in total. The summed E-state index contributed by atoms with van der Waals surface area (Å²) in [6, 6.07) is -0.0775. The number of nitrogens with one attached hydrogen (secondary N) is 2. The molecule has 1 heterocycles. The van der Waals surface area contributed by atoms with Crippen molar-refractivity contribution in [2.75, 3.05) is 13.7 Å². The third kappa shape index (κ3) is 2.98. The van der Waals surface area contributed by atoms with Gasteiger partial charge in [-0.3, -0.25) is 9.59 Å². The molecule has 0 saturated heterocycles. The Kier molecular flexibility index (Phi) is 4.67. The molecule has 0 spiro atoms. The molecule has 0 aliphatic carbocycles. The molecule has 0 fully saturated rings. The number of aromatic nitrogens is 1. The predicted octanol–water partition coefficient (Wildman–Crippen LogP) is 1.60. The fourth-order valence-electron chi connectivity index (χ4n) is 2.09. The Morgan fingerprint density at radius 1 is 1.39 bits per heavy atom. The molecule has 1 aromatic heterocycles. The van der Waals surface area contributed by atoms with E-state index in [1.165, 1.54) is 6.92 Å². The molecule has 2 N–H and O–H groups in total. The second-order valence-corrected chi connectivity index (χ2v) is 4.51. The normalized spacial score (nSPS) is 12.3. The second kappa shape index (κ2) is 5.82. The van der Waals surface area contributed by atoms with Crippen LogP contribution in [0.3, 0.4) is 0 Å². The van der Waals surface area contributed by atoms with Gasteiger partial charge in [-0.2, -0.15) is 0 Å². The molecule has 1 atom stereocenters. The largest absolute Gasteiger partial charge is 0.383 e. The van der Waals surface area contributed by atoms with Crippen molar-refractivity contribution in [3.05, 3.63) is 22.5 Å². The first-order valence-electron chi connectivity index (χ1n) is 5.88. The molecule has 1 unspecified atom stereocenters. The number of H-pyrrole nitrogens is 1. The van der Waals surface area contributed by atoms with Gasteiger partial charge >= 0.3 is 0 Å². The molecule has 5 heteroatoms. The smallest absolute Gasteiger partial charge is 0.268 e. The lowest BCUT2D eigenvalue weighted by molar-refractivity contribution is 0.0900. The van der Waals surface area contributed by atoms with Crippen LogP contribution in [0.15, 0.2) is 0 Å². The van der Waals surface area contributed by atoms with Crippen molar-refractivity contribution in [2.24, 2.45) is 0 Å². The van der Waals surface area contributed by atoms with E-state index in [1.54, 1.807) is 21.0 Å². The zero-order valence-electron chi connectivity index (χ0n) is 11.5. The van der Waals surface area contributed by atoms with Crippen LogP contribution < -0.4 is 5.32 Å². The van der Waals surface area contributed by atoms with Crippen molar-refractivity contribution in [1.82, 2.24) is 10.3 Å². The van der Waals surface area contributed by atoms with Gasteiger partial charge in [-0.1, -0.05) is 0 Å². The minimum Gasteiger partial charge on any atom is -0.383 e. The maximum Gasteiger partial charge on any atom is 0.268 e. The van der Waals surface area contributed by atoms with Crippen LogP contribution in [-0.2, 0) is 4.74 Å². The Morgan fingerprint density at radius 2 is 2.00 bits per heavy atom. The summed E-state index contributed by atoms with van der Waals surface area (Å²) in [4.78, 5) is 26.5. The second-order valence-electron chi connectivity index (χ2n) is 4.51. The number of carbonyl (C=O) groups is 2. The van der Waals surface area contributed by atoms with Gasteiger partial charge in [0.2, 0.25) is 0 Å². The molecule has 0 aliphatic rings. The van der Waals surface area contributed by atoms with Crippen LogP contribution in [0.5, 0.6) is 0 Å². The van der Waals surface area contributed by atoms with E-state index in [0.717, 1.165) is 5.69 Å². The Labute approximate surface area is 107 Å². The van der Waals surface area contributed by atoms with Crippen molar-refractivity contribution in [3.63, 3.8) is 0 Å². The first kappa shape index (κ1) is 14.4. The fraction of sp³-hybridized carbons (Fsp3) is 0.538. The number of ether oxygens (including phenoxy) is 1. The standard InChI is InChI=1S/C13H20N2O3/c1-7(6-18-5)14-13(17)12-8(2)11(10(4)16)9(3)15-12/h7,15H,6H2,1-5H3,(H,14,17). The van der Waals surface area contributed by atoms with Gasteiger partial charge in [-0.15, -0.1) is 0 Å². The summed E-state index contributed by atoms with van der Waals surface area (Å²) in [5.74, 6) is -0.252. The van der Waals surface area contributed by atoms with Crippen LogP contribution in [0, 0.1) is 13.8 Å². The molecule has 1 amide bonds. The van der Waals surface area contributed by atoms with Crippen molar-refractivity contribution in [1.29, 1.82) is 0 Å². The van der Waals surface area contributed by atoms with E-state index < -0.39 is 0 Å². The summed E-state index contributed by atoms with van der Waals surface area (Å²) in [6.45, 7) is 7.37. The predicted molar refractivity (Wildman–Crippen MR) is 69.1 cm³/mol. The summed E-state index contributed by atoms with van der Waals surface area (Å²) in [7, 11) is 1.58. The van der Waals surface area contributed by atoms with Crippen LogP contribution >= 0.6 is 0 Å². The minimum absolute atomic E-state index is 0.0368. The van der Waals surface area contributed by atoms with E-state index in [0.29, 0.717) is 23.4 Å². The van der Waals surface area contributed by atoms with E-state index in [2.05, 4.69) is 10.3 Å². The maximum absolute atomic E-state index is 12.0. The number of hydrogen-bond acceptors (Lipinski definition) is 3. The van der Waals surface area contributed by atoms with Gasteiger partial charge in [-0.25, -0.2) is 0 Å². The van der Waals surface area contributed by atoms with E-state index in [1.807, 2.05) is 6.92 Å². The number of methoxy groups -OCH3 is 1. The van der Waals surface area contributed by atoms with Gasteiger partial charge in [0.1, 0.15) is 5.69 Å². The zero-order chi connectivity index (χ0) is 13.9. The molecular formula is C13H20N2O3. The lowest BCUT2D eigenvalue weighted by Crippen LogP contribution is -2.36. The number of amides is 1. The highest BCUT2D eigenvalue weighted by Crippen LogP contribution is 2.18.